The third-order valence-corrected chi connectivity index (χ3v) is 5.05. The van der Waals surface area contributed by atoms with Crippen molar-refractivity contribution in [2.45, 2.75) is 25.1 Å². The van der Waals surface area contributed by atoms with E-state index >= 15 is 0 Å². The molecule has 2 rings (SSSR count). The molecular formula is C10H14N2OS2. The molecule has 1 aliphatic rings. The van der Waals surface area contributed by atoms with Gasteiger partial charge in [-0.2, -0.15) is 11.8 Å². The van der Waals surface area contributed by atoms with Gasteiger partial charge in [0.1, 0.15) is 0 Å². The second kappa shape index (κ2) is 4.53. The summed E-state index contributed by atoms with van der Waals surface area (Å²) in [5, 5.41) is 1.61. The molecule has 82 valence electrons. The summed E-state index contributed by atoms with van der Waals surface area (Å²) < 4.78 is 0. The molecule has 0 spiro atoms. The van der Waals surface area contributed by atoms with Crippen LogP contribution in [0.25, 0.3) is 0 Å². The van der Waals surface area contributed by atoms with Gasteiger partial charge in [-0.05, 0) is 6.92 Å². The fourth-order valence-electron chi connectivity index (χ4n) is 1.67. The molecule has 0 saturated carbocycles. The number of nitrogens with zero attached hydrogens (tertiary/aromatic N) is 2. The summed E-state index contributed by atoms with van der Waals surface area (Å²) >= 11 is 3.49. The summed E-state index contributed by atoms with van der Waals surface area (Å²) in [4.78, 5) is 17.9. The molecule has 1 aromatic rings. The zero-order chi connectivity index (χ0) is 10.8. The number of aromatic nitrogens is 1. The van der Waals surface area contributed by atoms with Crippen LogP contribution in [0.4, 0.5) is 5.13 Å². The van der Waals surface area contributed by atoms with Crippen LogP contribution in [0, 0.1) is 0 Å². The van der Waals surface area contributed by atoms with E-state index in [4.69, 9.17) is 0 Å². The lowest BCUT2D eigenvalue weighted by Gasteiger charge is -2.37. The smallest absolute Gasteiger partial charge is 0.186 e. The predicted octanol–water partition coefficient (Wildman–Crippen LogP) is 2.29. The molecule has 1 fully saturated rings. The summed E-state index contributed by atoms with van der Waals surface area (Å²) in [6.07, 6.45) is 2.53. The van der Waals surface area contributed by atoms with E-state index < -0.39 is 0 Å². The van der Waals surface area contributed by atoms with Crippen molar-refractivity contribution < 1.29 is 4.79 Å². The van der Waals surface area contributed by atoms with Crippen molar-refractivity contribution in [3.8, 4) is 0 Å². The molecule has 0 N–H and O–H groups in total. The van der Waals surface area contributed by atoms with Crippen LogP contribution in [0.3, 0.4) is 0 Å². The van der Waals surface area contributed by atoms with Gasteiger partial charge in [-0.15, -0.1) is 0 Å². The third-order valence-electron chi connectivity index (χ3n) is 2.76. The molecule has 0 aromatic carbocycles. The topological polar surface area (TPSA) is 33.2 Å². The van der Waals surface area contributed by atoms with Gasteiger partial charge < -0.3 is 4.90 Å². The molecule has 0 amide bonds. The Morgan fingerprint density at radius 2 is 2.40 bits per heavy atom. The number of anilines is 1. The minimum absolute atomic E-state index is 0.495. The first kappa shape index (κ1) is 11.0. The Morgan fingerprint density at radius 3 is 3.07 bits per heavy atom. The second-order valence-electron chi connectivity index (χ2n) is 3.67. The number of rotatable bonds is 2. The van der Waals surface area contributed by atoms with Gasteiger partial charge in [-0.3, -0.25) is 4.79 Å². The highest BCUT2D eigenvalue weighted by Gasteiger charge is 2.26. The minimum atomic E-state index is 0.495. The third kappa shape index (κ3) is 2.18. The summed E-state index contributed by atoms with van der Waals surface area (Å²) in [5.74, 6) is 1.14. The zero-order valence-corrected chi connectivity index (χ0v) is 10.5. The van der Waals surface area contributed by atoms with Crippen LogP contribution < -0.4 is 4.90 Å². The number of thioether (sulfide) groups is 1. The van der Waals surface area contributed by atoms with E-state index in [1.54, 1.807) is 6.20 Å². The molecular weight excluding hydrogens is 228 g/mol. The Kier molecular flexibility index (Phi) is 3.31. The number of aldehydes is 1. The maximum atomic E-state index is 10.6. The van der Waals surface area contributed by atoms with Gasteiger partial charge in [0.05, 0.1) is 11.1 Å². The highest BCUT2D eigenvalue weighted by Crippen LogP contribution is 2.31. The summed E-state index contributed by atoms with van der Waals surface area (Å²) in [6, 6.07) is 0.495. The maximum Gasteiger partial charge on any atom is 0.186 e. The maximum absolute atomic E-state index is 10.6. The van der Waals surface area contributed by atoms with Crippen LogP contribution in [0.2, 0.25) is 0 Å². The standard InChI is InChI=1S/C10H14N2OS2/c1-7-8(2)14-4-3-12(7)10-11-5-9(6-13)15-10/h5-8H,3-4H2,1-2H3. The molecule has 2 unspecified atom stereocenters. The van der Waals surface area contributed by atoms with Crippen molar-refractivity contribution in [2.75, 3.05) is 17.2 Å². The molecule has 1 saturated heterocycles. The van der Waals surface area contributed by atoms with Crippen molar-refractivity contribution in [3.05, 3.63) is 11.1 Å². The SMILES string of the molecule is CC1SCCN(c2ncc(C=O)s2)C1C. The van der Waals surface area contributed by atoms with Crippen molar-refractivity contribution in [2.24, 2.45) is 0 Å². The molecule has 0 aliphatic carbocycles. The van der Waals surface area contributed by atoms with Crippen LogP contribution in [-0.2, 0) is 0 Å². The predicted molar refractivity (Wildman–Crippen MR) is 66.2 cm³/mol. The van der Waals surface area contributed by atoms with E-state index in [2.05, 4.69) is 23.7 Å². The molecule has 15 heavy (non-hydrogen) atoms. The van der Waals surface area contributed by atoms with Gasteiger partial charge in [-0.1, -0.05) is 18.3 Å². The number of hydrogen-bond acceptors (Lipinski definition) is 5. The van der Waals surface area contributed by atoms with Crippen molar-refractivity contribution in [3.63, 3.8) is 0 Å². The van der Waals surface area contributed by atoms with Crippen LogP contribution in [-0.4, -0.2) is 34.9 Å². The van der Waals surface area contributed by atoms with Gasteiger partial charge in [0.15, 0.2) is 11.4 Å². The van der Waals surface area contributed by atoms with E-state index in [1.807, 2.05) is 11.8 Å². The highest BCUT2D eigenvalue weighted by atomic mass is 32.2. The summed E-state index contributed by atoms with van der Waals surface area (Å²) in [5.41, 5.74) is 0. The largest absolute Gasteiger partial charge is 0.343 e. The van der Waals surface area contributed by atoms with E-state index in [1.165, 1.54) is 11.3 Å². The molecule has 2 heterocycles. The van der Waals surface area contributed by atoms with Gasteiger partial charge in [0.25, 0.3) is 0 Å². The van der Waals surface area contributed by atoms with Crippen molar-refractivity contribution >= 4 is 34.5 Å². The lowest BCUT2D eigenvalue weighted by Crippen LogP contribution is -2.44. The van der Waals surface area contributed by atoms with Crippen LogP contribution in [0.1, 0.15) is 23.5 Å². The van der Waals surface area contributed by atoms with Gasteiger partial charge >= 0.3 is 0 Å². The lowest BCUT2D eigenvalue weighted by molar-refractivity contribution is 0.112. The fraction of sp³-hybridized carbons (Fsp3) is 0.600. The molecule has 0 radical (unpaired) electrons. The quantitative estimate of drug-likeness (QED) is 0.745. The minimum Gasteiger partial charge on any atom is -0.343 e. The van der Waals surface area contributed by atoms with E-state index in [0.29, 0.717) is 16.2 Å². The van der Waals surface area contributed by atoms with Gasteiger partial charge in [-0.25, -0.2) is 4.98 Å². The van der Waals surface area contributed by atoms with Crippen LogP contribution in [0.5, 0.6) is 0 Å². The fourth-order valence-corrected chi connectivity index (χ4v) is 3.61. The molecule has 3 nitrogen and oxygen atoms in total. The Hall–Kier alpha value is -0.550. The Morgan fingerprint density at radius 1 is 1.60 bits per heavy atom. The van der Waals surface area contributed by atoms with E-state index in [0.717, 1.165) is 23.7 Å². The Balaban J connectivity index is 2.18. The number of thiazole rings is 1. The average Bonchev–Trinajstić information content (AvgIpc) is 2.70. The van der Waals surface area contributed by atoms with Crippen molar-refractivity contribution in [1.29, 1.82) is 0 Å². The summed E-state index contributed by atoms with van der Waals surface area (Å²) in [6.45, 7) is 5.50. The van der Waals surface area contributed by atoms with Crippen molar-refractivity contribution in [1.82, 2.24) is 4.98 Å². The molecule has 0 bridgehead atoms. The summed E-state index contributed by atoms with van der Waals surface area (Å²) in [7, 11) is 0. The molecule has 1 aliphatic heterocycles. The van der Waals surface area contributed by atoms with Crippen LogP contribution >= 0.6 is 23.1 Å². The highest BCUT2D eigenvalue weighted by molar-refractivity contribution is 8.00. The van der Waals surface area contributed by atoms with Gasteiger partial charge in [0.2, 0.25) is 0 Å². The zero-order valence-electron chi connectivity index (χ0n) is 8.84. The molecule has 5 heteroatoms. The molecule has 2 atom stereocenters. The average molecular weight is 242 g/mol. The number of carbonyl (C=O) groups excluding carboxylic acids is 1. The number of carbonyl (C=O) groups is 1. The molecule has 1 aromatic heterocycles. The first-order valence-electron chi connectivity index (χ1n) is 5.01. The number of hydrogen-bond donors (Lipinski definition) is 0. The van der Waals surface area contributed by atoms with Gasteiger partial charge in [0, 0.05) is 23.6 Å². The first-order chi connectivity index (χ1) is 7.22. The van der Waals surface area contributed by atoms with Crippen LogP contribution in [0.15, 0.2) is 6.20 Å². The second-order valence-corrected chi connectivity index (χ2v) is 6.20. The Bertz CT molecular complexity index is 353. The monoisotopic (exact) mass is 242 g/mol. The van der Waals surface area contributed by atoms with E-state index in [-0.39, 0.29) is 0 Å². The lowest BCUT2D eigenvalue weighted by atomic mass is 10.2. The van der Waals surface area contributed by atoms with E-state index in [9.17, 15) is 4.79 Å². The normalized spacial score (nSPS) is 26.7. The Labute approximate surface area is 97.9 Å². The first-order valence-corrected chi connectivity index (χ1v) is 6.88.